The monoisotopic (exact) mass is 318 g/mol. The van der Waals surface area contributed by atoms with Crippen molar-refractivity contribution in [1.29, 1.82) is 0 Å². The number of morpholine rings is 1. The molecule has 2 aliphatic heterocycles. The minimum absolute atomic E-state index is 0.279. The van der Waals surface area contributed by atoms with Crippen LogP contribution in [0.3, 0.4) is 0 Å². The van der Waals surface area contributed by atoms with E-state index >= 15 is 0 Å². The number of nitrogens with zero attached hydrogens (tertiary/aromatic N) is 2. The van der Waals surface area contributed by atoms with Gasteiger partial charge in [0.05, 0.1) is 25.9 Å². The predicted octanol–water partition coefficient (Wildman–Crippen LogP) is 1.63. The number of rotatable bonds is 4. The van der Waals surface area contributed by atoms with Crippen LogP contribution in [0.15, 0.2) is 24.3 Å². The third-order valence-corrected chi connectivity index (χ3v) is 4.94. The van der Waals surface area contributed by atoms with Crippen molar-refractivity contribution < 1.29 is 14.3 Å². The van der Waals surface area contributed by atoms with Gasteiger partial charge in [-0.05, 0) is 23.6 Å². The Morgan fingerprint density at radius 3 is 2.57 bits per heavy atom. The molecule has 0 saturated carbocycles. The number of ether oxygens (including phenoxy) is 2. The lowest BCUT2D eigenvalue weighted by Gasteiger charge is -2.34. The summed E-state index contributed by atoms with van der Waals surface area (Å²) in [5.41, 5.74) is 1.85. The van der Waals surface area contributed by atoms with E-state index in [-0.39, 0.29) is 5.97 Å². The maximum Gasteiger partial charge on any atom is 0.337 e. The van der Waals surface area contributed by atoms with Gasteiger partial charge in [-0.1, -0.05) is 19.1 Å². The highest BCUT2D eigenvalue weighted by atomic mass is 16.5. The van der Waals surface area contributed by atoms with E-state index in [1.165, 1.54) is 12.7 Å². The molecule has 126 valence electrons. The lowest BCUT2D eigenvalue weighted by atomic mass is 10.0. The van der Waals surface area contributed by atoms with Gasteiger partial charge >= 0.3 is 5.97 Å². The van der Waals surface area contributed by atoms with Gasteiger partial charge in [0.25, 0.3) is 0 Å². The number of carbonyl (C=O) groups excluding carboxylic acids is 1. The molecule has 0 spiro atoms. The molecule has 23 heavy (non-hydrogen) atoms. The summed E-state index contributed by atoms with van der Waals surface area (Å²) in [5, 5.41) is 0. The van der Waals surface area contributed by atoms with E-state index in [0.29, 0.717) is 17.5 Å². The molecule has 5 heteroatoms. The Kier molecular flexibility index (Phi) is 5.30. The zero-order valence-electron chi connectivity index (χ0n) is 14.0. The van der Waals surface area contributed by atoms with Crippen LogP contribution in [0.25, 0.3) is 0 Å². The summed E-state index contributed by atoms with van der Waals surface area (Å²) in [6.07, 6.45) is 0. The van der Waals surface area contributed by atoms with E-state index < -0.39 is 0 Å². The van der Waals surface area contributed by atoms with Gasteiger partial charge in [0.1, 0.15) is 0 Å². The molecule has 5 nitrogen and oxygen atoms in total. The third-order valence-electron chi connectivity index (χ3n) is 4.94. The summed E-state index contributed by atoms with van der Waals surface area (Å²) < 4.78 is 10.2. The molecule has 2 saturated heterocycles. The fourth-order valence-electron chi connectivity index (χ4n) is 3.68. The highest BCUT2D eigenvalue weighted by Gasteiger charge is 2.34. The van der Waals surface area contributed by atoms with Crippen molar-refractivity contribution in [3.63, 3.8) is 0 Å². The van der Waals surface area contributed by atoms with Crippen LogP contribution in [0.2, 0.25) is 0 Å². The van der Waals surface area contributed by atoms with Gasteiger partial charge in [0, 0.05) is 38.8 Å². The molecule has 0 aliphatic carbocycles. The minimum Gasteiger partial charge on any atom is -0.465 e. The van der Waals surface area contributed by atoms with Gasteiger partial charge < -0.3 is 9.47 Å². The van der Waals surface area contributed by atoms with Crippen molar-refractivity contribution in [2.75, 3.05) is 46.5 Å². The van der Waals surface area contributed by atoms with Crippen molar-refractivity contribution >= 4 is 5.97 Å². The molecule has 0 aromatic heterocycles. The van der Waals surface area contributed by atoms with Crippen molar-refractivity contribution in [1.82, 2.24) is 9.80 Å². The molecule has 0 amide bonds. The van der Waals surface area contributed by atoms with Gasteiger partial charge in [-0.3, -0.25) is 9.80 Å². The maximum atomic E-state index is 11.5. The van der Waals surface area contributed by atoms with Crippen LogP contribution in [0, 0.1) is 5.92 Å². The Morgan fingerprint density at radius 1 is 1.22 bits per heavy atom. The number of carbonyl (C=O) groups is 1. The SMILES string of the molecule is COC(=O)c1ccc(CN2C[C@@H](C)[C@@H](N3CCOCC3)C2)cc1. The average molecular weight is 318 g/mol. The van der Waals surface area contributed by atoms with Crippen LogP contribution in [0.1, 0.15) is 22.8 Å². The van der Waals surface area contributed by atoms with Gasteiger partial charge in [-0.25, -0.2) is 4.79 Å². The second-order valence-electron chi connectivity index (χ2n) is 6.58. The molecule has 0 radical (unpaired) electrons. The molecular formula is C18H26N2O3. The van der Waals surface area contributed by atoms with Gasteiger partial charge in [0.15, 0.2) is 0 Å². The minimum atomic E-state index is -0.279. The van der Waals surface area contributed by atoms with E-state index in [4.69, 9.17) is 9.47 Å². The summed E-state index contributed by atoms with van der Waals surface area (Å²) in [6, 6.07) is 8.38. The molecule has 0 bridgehead atoms. The summed E-state index contributed by atoms with van der Waals surface area (Å²) in [4.78, 5) is 16.6. The highest BCUT2D eigenvalue weighted by Crippen LogP contribution is 2.24. The van der Waals surface area contributed by atoms with E-state index in [0.717, 1.165) is 45.9 Å². The summed E-state index contributed by atoms with van der Waals surface area (Å²) in [7, 11) is 1.41. The first-order valence-corrected chi connectivity index (χ1v) is 8.39. The molecule has 2 fully saturated rings. The number of hydrogen-bond acceptors (Lipinski definition) is 5. The molecular weight excluding hydrogens is 292 g/mol. The van der Waals surface area contributed by atoms with Crippen LogP contribution in [0.5, 0.6) is 0 Å². The van der Waals surface area contributed by atoms with Crippen molar-refractivity contribution in [3.8, 4) is 0 Å². The molecule has 2 aliphatic rings. The molecule has 1 aromatic carbocycles. The number of methoxy groups -OCH3 is 1. The normalized spacial score (nSPS) is 26.3. The quantitative estimate of drug-likeness (QED) is 0.789. The Hall–Kier alpha value is -1.43. The lowest BCUT2D eigenvalue weighted by molar-refractivity contribution is 0.0118. The first kappa shape index (κ1) is 16.4. The zero-order valence-corrected chi connectivity index (χ0v) is 14.0. The molecule has 0 unspecified atom stereocenters. The van der Waals surface area contributed by atoms with E-state index in [2.05, 4.69) is 16.7 Å². The Labute approximate surface area is 138 Å². The molecule has 2 heterocycles. The Bertz CT molecular complexity index is 526. The first-order chi connectivity index (χ1) is 11.2. The fraction of sp³-hybridized carbons (Fsp3) is 0.611. The number of likely N-dealkylation sites (tertiary alicyclic amines) is 1. The maximum absolute atomic E-state index is 11.5. The molecule has 3 rings (SSSR count). The summed E-state index contributed by atoms with van der Waals surface area (Å²) in [6.45, 7) is 9.34. The van der Waals surface area contributed by atoms with Crippen LogP contribution < -0.4 is 0 Å². The van der Waals surface area contributed by atoms with E-state index in [1.807, 2.05) is 24.3 Å². The average Bonchev–Trinajstić information content (AvgIpc) is 2.96. The number of esters is 1. The second kappa shape index (κ2) is 7.43. The molecule has 0 N–H and O–H groups in total. The predicted molar refractivity (Wildman–Crippen MR) is 88.4 cm³/mol. The van der Waals surface area contributed by atoms with Crippen molar-refractivity contribution in [3.05, 3.63) is 35.4 Å². The molecule has 1 aromatic rings. The zero-order chi connectivity index (χ0) is 16.2. The topological polar surface area (TPSA) is 42.0 Å². The van der Waals surface area contributed by atoms with Crippen LogP contribution in [0.4, 0.5) is 0 Å². The molecule has 2 atom stereocenters. The summed E-state index contributed by atoms with van der Waals surface area (Å²) >= 11 is 0. The fourth-order valence-corrected chi connectivity index (χ4v) is 3.68. The van der Waals surface area contributed by atoms with Gasteiger partial charge in [0.2, 0.25) is 0 Å². The Morgan fingerprint density at radius 2 is 1.91 bits per heavy atom. The van der Waals surface area contributed by atoms with Crippen LogP contribution in [-0.4, -0.2) is 68.3 Å². The van der Waals surface area contributed by atoms with Crippen molar-refractivity contribution in [2.24, 2.45) is 5.92 Å². The third kappa shape index (κ3) is 3.91. The van der Waals surface area contributed by atoms with Gasteiger partial charge in [-0.15, -0.1) is 0 Å². The largest absolute Gasteiger partial charge is 0.465 e. The number of benzene rings is 1. The Balaban J connectivity index is 1.57. The standard InChI is InChI=1S/C18H26N2O3/c1-14-11-19(13-17(14)20-7-9-23-10-8-20)12-15-3-5-16(6-4-15)18(21)22-2/h3-6,14,17H,7-13H2,1-2H3/t14-,17+/m1/s1. The highest BCUT2D eigenvalue weighted by molar-refractivity contribution is 5.89. The first-order valence-electron chi connectivity index (χ1n) is 8.39. The van der Waals surface area contributed by atoms with Crippen LogP contribution >= 0.6 is 0 Å². The van der Waals surface area contributed by atoms with E-state index in [1.54, 1.807) is 0 Å². The second-order valence-corrected chi connectivity index (χ2v) is 6.58. The van der Waals surface area contributed by atoms with Gasteiger partial charge in [-0.2, -0.15) is 0 Å². The number of hydrogen-bond donors (Lipinski definition) is 0. The van der Waals surface area contributed by atoms with Crippen LogP contribution in [-0.2, 0) is 16.0 Å². The smallest absolute Gasteiger partial charge is 0.337 e. The van der Waals surface area contributed by atoms with Crippen molar-refractivity contribution in [2.45, 2.75) is 19.5 Å². The summed E-state index contributed by atoms with van der Waals surface area (Å²) in [5.74, 6) is 0.404. The van der Waals surface area contributed by atoms with E-state index in [9.17, 15) is 4.79 Å². The lowest BCUT2D eigenvalue weighted by Crippen LogP contribution is -2.46.